The quantitative estimate of drug-likeness (QED) is 0.259. The first kappa shape index (κ1) is 25.9. The summed E-state index contributed by atoms with van der Waals surface area (Å²) in [7, 11) is -4.06. The highest BCUT2D eigenvalue weighted by Crippen LogP contribution is 2.59. The fraction of sp³-hybridized carbons (Fsp3) is 0.379. The lowest BCUT2D eigenvalue weighted by Gasteiger charge is -2.29. The van der Waals surface area contributed by atoms with E-state index < -0.39 is 18.1 Å². The Hall–Kier alpha value is -3.37. The Morgan fingerprint density at radius 2 is 1.92 bits per heavy atom. The van der Waals surface area contributed by atoms with Crippen LogP contribution >= 0.6 is 0 Å². The zero-order valence-corrected chi connectivity index (χ0v) is 24.6. The number of aromatic nitrogens is 3. The van der Waals surface area contributed by atoms with Crippen molar-refractivity contribution in [1.29, 1.82) is 0 Å². The fourth-order valence-corrected chi connectivity index (χ4v) is 8.23. The molecule has 8 nitrogen and oxygen atoms in total. The number of para-hydroxylation sites is 1. The van der Waals surface area contributed by atoms with E-state index in [4.69, 9.17) is 9.26 Å². The van der Waals surface area contributed by atoms with Crippen LogP contribution in [0.1, 0.15) is 35.2 Å². The van der Waals surface area contributed by atoms with Crippen LogP contribution in [0.5, 0.6) is 5.75 Å². The van der Waals surface area contributed by atoms with Gasteiger partial charge in [0.25, 0.3) is 10.0 Å². The Morgan fingerprint density at radius 3 is 2.62 bits per heavy atom. The topological polar surface area (TPSA) is 101 Å². The molecule has 0 saturated heterocycles. The summed E-state index contributed by atoms with van der Waals surface area (Å²) in [5.41, 5.74) is 5.26. The summed E-state index contributed by atoms with van der Waals surface area (Å²) in [4.78, 5) is 0.137. The molecule has 2 heterocycles. The number of aromatic amines is 1. The molecule has 2 aromatic heterocycles. The monoisotopic (exact) mass is 562 g/mol. The molecular formula is C29H34N4O4SSi. The number of hydrogen-bond acceptors (Lipinski definition) is 6. The van der Waals surface area contributed by atoms with Gasteiger partial charge in [0.05, 0.1) is 12.8 Å². The van der Waals surface area contributed by atoms with Gasteiger partial charge in [-0.05, 0) is 60.7 Å². The number of sulfonamides is 1. The molecule has 2 aliphatic rings. The summed E-state index contributed by atoms with van der Waals surface area (Å²) in [5, 5.41) is 11.7. The van der Waals surface area contributed by atoms with Crippen molar-refractivity contribution in [2.75, 3.05) is 18.0 Å². The van der Waals surface area contributed by atoms with Gasteiger partial charge in [-0.3, -0.25) is 5.10 Å². The van der Waals surface area contributed by atoms with E-state index in [1.165, 1.54) is 17.0 Å². The molecule has 4 aromatic rings. The molecule has 1 spiro atoms. The molecular weight excluding hydrogens is 528 g/mol. The number of rotatable bonds is 9. The number of hydrogen-bond donors (Lipinski definition) is 1. The predicted molar refractivity (Wildman–Crippen MR) is 154 cm³/mol. The Morgan fingerprint density at radius 1 is 1.13 bits per heavy atom. The third kappa shape index (κ3) is 4.69. The molecule has 1 fully saturated rings. The first-order valence-electron chi connectivity index (χ1n) is 13.4. The number of benzene rings is 2. The molecule has 39 heavy (non-hydrogen) atoms. The van der Waals surface area contributed by atoms with Gasteiger partial charge in [0.1, 0.15) is 10.6 Å². The van der Waals surface area contributed by atoms with Gasteiger partial charge < -0.3 is 9.26 Å². The lowest BCUT2D eigenvalue weighted by Crippen LogP contribution is -2.37. The smallest absolute Gasteiger partial charge is 0.269 e. The molecule has 10 heteroatoms. The zero-order chi connectivity index (χ0) is 27.4. The van der Waals surface area contributed by atoms with Crippen molar-refractivity contribution in [3.63, 3.8) is 0 Å². The number of fused-ring (bicyclic) bond motifs is 4. The second kappa shape index (κ2) is 9.37. The van der Waals surface area contributed by atoms with E-state index in [2.05, 4.69) is 53.2 Å². The third-order valence-electron chi connectivity index (χ3n) is 7.92. The number of ether oxygens (including phenoxy) is 1. The summed E-state index contributed by atoms with van der Waals surface area (Å²) in [6, 6.07) is 16.1. The van der Waals surface area contributed by atoms with Gasteiger partial charge in [0.2, 0.25) is 0 Å². The number of nitrogens with zero attached hydrogens (tertiary/aromatic N) is 3. The Balaban J connectivity index is 1.46. The molecule has 6 rings (SSSR count). The maximum atomic E-state index is 14.2. The van der Waals surface area contributed by atoms with Crippen molar-refractivity contribution in [3.8, 4) is 17.1 Å². The molecule has 0 atom stereocenters. The van der Waals surface area contributed by atoms with E-state index in [-0.39, 0.29) is 10.3 Å². The fourth-order valence-electron chi connectivity index (χ4n) is 5.58. The van der Waals surface area contributed by atoms with Gasteiger partial charge in [0, 0.05) is 43.8 Å². The normalized spacial score (nSPS) is 15.6. The highest BCUT2D eigenvalue weighted by Gasteiger charge is 2.51. The Kier molecular flexibility index (Phi) is 6.22. The molecule has 0 bridgehead atoms. The molecule has 0 unspecified atom stereocenters. The third-order valence-corrected chi connectivity index (χ3v) is 11.5. The Labute approximate surface area is 230 Å². The van der Waals surface area contributed by atoms with Crippen LogP contribution in [0.25, 0.3) is 11.3 Å². The van der Waals surface area contributed by atoms with E-state index in [0.29, 0.717) is 30.3 Å². The highest BCUT2D eigenvalue weighted by molar-refractivity contribution is 7.93. The number of nitrogens with one attached hydrogen (secondary N) is 1. The van der Waals surface area contributed by atoms with Gasteiger partial charge in [-0.25, -0.2) is 12.7 Å². The first-order chi connectivity index (χ1) is 18.6. The van der Waals surface area contributed by atoms with Crippen LogP contribution in [0.15, 0.2) is 64.1 Å². The van der Waals surface area contributed by atoms with Crippen LogP contribution in [0.3, 0.4) is 0 Å². The van der Waals surface area contributed by atoms with Crippen LogP contribution in [0, 0.1) is 0 Å². The standard InChI is InChI=1S/C29H34N4O4SSi/c1-36-25-7-5-6-8-26(25)38(34,35)33(15-16-39(2,3)4)28-23-19-29(12-13-29)24-10-9-20(17-21-11-14-30-31-21)18-22(24)27(23)37-32-28/h5-11,14,18H,12-13,15-17,19H2,1-4H3,(H,30,31). The summed E-state index contributed by atoms with van der Waals surface area (Å²) in [6.07, 6.45) is 5.38. The number of methoxy groups -OCH3 is 1. The summed E-state index contributed by atoms with van der Waals surface area (Å²) in [5.74, 6) is 1.40. The van der Waals surface area contributed by atoms with Gasteiger partial charge >= 0.3 is 0 Å². The second-order valence-electron chi connectivity index (χ2n) is 11.9. The second-order valence-corrected chi connectivity index (χ2v) is 19.4. The Bertz CT molecular complexity index is 1620. The van der Waals surface area contributed by atoms with Gasteiger partial charge in [-0.15, -0.1) is 0 Å². The maximum absolute atomic E-state index is 14.2. The summed E-state index contributed by atoms with van der Waals surface area (Å²) < 4.78 is 41.4. The van der Waals surface area contributed by atoms with Crippen molar-refractivity contribution in [3.05, 3.63) is 77.1 Å². The molecule has 2 aliphatic carbocycles. The van der Waals surface area contributed by atoms with E-state index in [9.17, 15) is 8.42 Å². The van der Waals surface area contributed by atoms with Gasteiger partial charge in [-0.1, -0.05) is 49.1 Å². The minimum absolute atomic E-state index is 0.00610. The van der Waals surface area contributed by atoms with E-state index in [1.807, 2.05) is 12.3 Å². The number of H-pyrrole nitrogens is 1. The van der Waals surface area contributed by atoms with E-state index in [1.54, 1.807) is 24.3 Å². The van der Waals surface area contributed by atoms with Crippen molar-refractivity contribution >= 4 is 23.9 Å². The molecule has 1 N–H and O–H groups in total. The van der Waals surface area contributed by atoms with Crippen molar-refractivity contribution < 1.29 is 17.7 Å². The zero-order valence-electron chi connectivity index (χ0n) is 22.8. The van der Waals surface area contributed by atoms with Crippen LogP contribution in [0.2, 0.25) is 25.7 Å². The van der Waals surface area contributed by atoms with Gasteiger partial charge in [0.15, 0.2) is 11.6 Å². The lowest BCUT2D eigenvalue weighted by molar-refractivity contribution is 0.402. The summed E-state index contributed by atoms with van der Waals surface area (Å²) in [6.45, 7) is 7.08. The largest absolute Gasteiger partial charge is 0.495 e. The van der Waals surface area contributed by atoms with Crippen LogP contribution in [-0.4, -0.2) is 45.5 Å². The number of anilines is 1. The maximum Gasteiger partial charge on any atom is 0.269 e. The average Bonchev–Trinajstić information content (AvgIpc) is 3.27. The molecule has 204 valence electrons. The summed E-state index contributed by atoms with van der Waals surface area (Å²) >= 11 is 0. The average molecular weight is 563 g/mol. The van der Waals surface area contributed by atoms with Gasteiger partial charge in [-0.2, -0.15) is 5.10 Å². The van der Waals surface area contributed by atoms with Crippen molar-refractivity contribution in [1.82, 2.24) is 15.4 Å². The SMILES string of the molecule is COc1ccccc1S(=O)(=O)N(CC[Si](C)(C)C)c1noc2c1CC1(CC1)c1ccc(Cc3cc[nH]n3)cc1-2. The molecule has 1 saturated carbocycles. The minimum Gasteiger partial charge on any atom is -0.495 e. The van der Waals surface area contributed by atoms with Crippen LogP contribution in [0.4, 0.5) is 5.82 Å². The minimum atomic E-state index is -3.96. The van der Waals surface area contributed by atoms with Crippen molar-refractivity contribution in [2.24, 2.45) is 0 Å². The van der Waals surface area contributed by atoms with E-state index >= 15 is 0 Å². The molecule has 0 amide bonds. The predicted octanol–water partition coefficient (Wildman–Crippen LogP) is 5.79. The first-order valence-corrected chi connectivity index (χ1v) is 18.5. The molecule has 2 aromatic carbocycles. The van der Waals surface area contributed by atoms with Crippen LogP contribution < -0.4 is 9.04 Å². The van der Waals surface area contributed by atoms with Crippen molar-refractivity contribution in [2.45, 2.75) is 61.7 Å². The highest BCUT2D eigenvalue weighted by atomic mass is 32.2. The lowest BCUT2D eigenvalue weighted by atomic mass is 9.78. The molecule has 0 radical (unpaired) electrons. The van der Waals surface area contributed by atoms with E-state index in [0.717, 1.165) is 47.7 Å². The van der Waals surface area contributed by atoms with Crippen LogP contribution in [-0.2, 0) is 28.3 Å². The molecule has 0 aliphatic heterocycles.